The second-order valence-corrected chi connectivity index (χ2v) is 8.55. The van der Waals surface area contributed by atoms with Gasteiger partial charge in [-0.25, -0.2) is 9.36 Å². The van der Waals surface area contributed by atoms with Crippen LogP contribution in [0.25, 0.3) is 38.8 Å². The zero-order valence-electron chi connectivity index (χ0n) is 18.8. The molecule has 3 aromatic carbocycles. The van der Waals surface area contributed by atoms with E-state index >= 15 is 0 Å². The molecule has 0 radical (unpaired) electrons. The van der Waals surface area contributed by atoms with Gasteiger partial charge in [-0.1, -0.05) is 60.7 Å². The third-order valence-electron chi connectivity index (χ3n) is 6.45. The number of para-hydroxylation sites is 2. The molecule has 5 N–H and O–H groups in total. The molecule has 0 aliphatic rings. The second kappa shape index (κ2) is 8.20. The van der Waals surface area contributed by atoms with Crippen LogP contribution in [0, 0.1) is 11.3 Å². The SMILES string of the molecule is N#Cc1c(-c2c(Cc3cccc(CN)c3)[nH]c3ccccc23)[nH]c(=O)n1-c1c[nH]c2ccccc12. The van der Waals surface area contributed by atoms with Crippen molar-refractivity contribution in [3.8, 4) is 23.0 Å². The zero-order valence-corrected chi connectivity index (χ0v) is 18.8. The van der Waals surface area contributed by atoms with Crippen molar-refractivity contribution in [3.05, 3.63) is 112 Å². The molecule has 0 unspecified atom stereocenters. The van der Waals surface area contributed by atoms with Crippen LogP contribution in [0.2, 0.25) is 0 Å². The minimum absolute atomic E-state index is 0.265. The van der Waals surface area contributed by atoms with Crippen LogP contribution in [0.5, 0.6) is 0 Å². The minimum atomic E-state index is -0.359. The third-order valence-corrected chi connectivity index (χ3v) is 6.45. The van der Waals surface area contributed by atoms with Crippen molar-refractivity contribution in [3.63, 3.8) is 0 Å². The number of hydrogen-bond acceptors (Lipinski definition) is 3. The number of aromatic nitrogens is 4. The summed E-state index contributed by atoms with van der Waals surface area (Å²) in [4.78, 5) is 23.0. The average Bonchev–Trinajstić information content (AvgIpc) is 3.56. The van der Waals surface area contributed by atoms with Gasteiger partial charge in [-0.05, 0) is 23.3 Å². The van der Waals surface area contributed by atoms with Gasteiger partial charge in [0.15, 0.2) is 5.69 Å². The van der Waals surface area contributed by atoms with Gasteiger partial charge in [-0.3, -0.25) is 0 Å². The van der Waals surface area contributed by atoms with E-state index in [1.165, 1.54) is 4.57 Å². The van der Waals surface area contributed by atoms with E-state index in [1.54, 1.807) is 6.20 Å². The fourth-order valence-electron chi connectivity index (χ4n) is 4.88. The molecular weight excluding hydrogens is 436 g/mol. The maximum atomic E-state index is 13.3. The Hall–Kier alpha value is -4.80. The molecule has 7 heteroatoms. The Bertz CT molecular complexity index is 1810. The van der Waals surface area contributed by atoms with Gasteiger partial charge in [0, 0.05) is 52.2 Å². The fourth-order valence-corrected chi connectivity index (χ4v) is 4.88. The predicted octanol–water partition coefficient (Wildman–Crippen LogP) is 4.72. The first-order chi connectivity index (χ1) is 17.2. The highest BCUT2D eigenvalue weighted by Gasteiger charge is 2.24. The summed E-state index contributed by atoms with van der Waals surface area (Å²) in [6, 6.07) is 26.1. The average molecular weight is 459 g/mol. The summed E-state index contributed by atoms with van der Waals surface area (Å²) in [6.07, 6.45) is 2.36. The number of rotatable bonds is 5. The number of imidazole rings is 1. The molecule has 6 aromatic rings. The van der Waals surface area contributed by atoms with Gasteiger partial charge in [0.25, 0.3) is 0 Å². The first kappa shape index (κ1) is 20.8. The Balaban J connectivity index is 1.59. The molecule has 0 fully saturated rings. The van der Waals surface area contributed by atoms with Crippen LogP contribution in [0.3, 0.4) is 0 Å². The van der Waals surface area contributed by atoms with Crippen molar-refractivity contribution in [1.82, 2.24) is 19.5 Å². The van der Waals surface area contributed by atoms with E-state index in [0.717, 1.165) is 44.2 Å². The highest BCUT2D eigenvalue weighted by atomic mass is 16.1. The summed E-state index contributed by atoms with van der Waals surface area (Å²) in [5.74, 6) is 0. The molecular formula is C28H22N6O. The molecule has 0 aliphatic heterocycles. The topological polar surface area (TPSA) is 119 Å². The molecule has 170 valence electrons. The Kier molecular flexibility index (Phi) is 4.87. The summed E-state index contributed by atoms with van der Waals surface area (Å²) < 4.78 is 1.45. The van der Waals surface area contributed by atoms with Gasteiger partial charge in [0.1, 0.15) is 6.07 Å². The van der Waals surface area contributed by atoms with Crippen LogP contribution in [-0.4, -0.2) is 19.5 Å². The minimum Gasteiger partial charge on any atom is -0.359 e. The van der Waals surface area contributed by atoms with Gasteiger partial charge in [0.05, 0.1) is 11.4 Å². The Morgan fingerprint density at radius 3 is 2.43 bits per heavy atom. The molecule has 0 amide bonds. The van der Waals surface area contributed by atoms with Crippen LogP contribution >= 0.6 is 0 Å². The number of nitrogens with zero attached hydrogens (tertiary/aromatic N) is 2. The van der Waals surface area contributed by atoms with Crippen LogP contribution in [0.15, 0.2) is 83.8 Å². The van der Waals surface area contributed by atoms with E-state index in [9.17, 15) is 10.1 Å². The lowest BCUT2D eigenvalue weighted by Crippen LogP contribution is -2.15. The van der Waals surface area contributed by atoms with E-state index in [2.05, 4.69) is 33.2 Å². The smallest absolute Gasteiger partial charge is 0.331 e. The highest BCUT2D eigenvalue weighted by molar-refractivity contribution is 5.98. The number of H-pyrrole nitrogens is 3. The summed E-state index contributed by atoms with van der Waals surface area (Å²) in [6.45, 7) is 0.465. The molecule has 0 saturated carbocycles. The quantitative estimate of drug-likeness (QED) is 0.299. The normalized spacial score (nSPS) is 11.3. The number of nitriles is 1. The largest absolute Gasteiger partial charge is 0.359 e. The van der Waals surface area contributed by atoms with Gasteiger partial charge >= 0.3 is 5.69 Å². The summed E-state index contributed by atoms with van der Waals surface area (Å²) in [5.41, 5.74) is 12.6. The molecule has 0 aliphatic carbocycles. The van der Waals surface area contributed by atoms with E-state index in [-0.39, 0.29) is 11.4 Å². The Morgan fingerprint density at radius 1 is 0.886 bits per heavy atom. The lowest BCUT2D eigenvalue weighted by molar-refractivity contribution is 0.979. The number of aromatic amines is 3. The molecule has 3 heterocycles. The number of fused-ring (bicyclic) bond motifs is 2. The van der Waals surface area contributed by atoms with Crippen molar-refractivity contribution in [2.45, 2.75) is 13.0 Å². The molecule has 7 nitrogen and oxygen atoms in total. The van der Waals surface area contributed by atoms with Crippen LogP contribution in [0.1, 0.15) is 22.5 Å². The van der Waals surface area contributed by atoms with Crippen LogP contribution in [0.4, 0.5) is 0 Å². The van der Waals surface area contributed by atoms with Crippen LogP contribution < -0.4 is 11.4 Å². The maximum Gasteiger partial charge on any atom is 0.331 e. The second-order valence-electron chi connectivity index (χ2n) is 8.55. The van der Waals surface area contributed by atoms with E-state index in [1.807, 2.05) is 60.7 Å². The fraction of sp³-hybridized carbons (Fsp3) is 0.0714. The summed E-state index contributed by atoms with van der Waals surface area (Å²) in [5, 5.41) is 12.1. The molecule has 6 rings (SSSR count). The maximum absolute atomic E-state index is 13.3. The molecule has 0 bridgehead atoms. The molecule has 3 aromatic heterocycles. The Labute approximate surface area is 200 Å². The predicted molar refractivity (Wildman–Crippen MR) is 137 cm³/mol. The summed E-state index contributed by atoms with van der Waals surface area (Å²) in [7, 11) is 0. The number of nitrogens with one attached hydrogen (secondary N) is 3. The van der Waals surface area contributed by atoms with Crippen LogP contribution in [-0.2, 0) is 13.0 Å². The van der Waals surface area contributed by atoms with Crippen molar-refractivity contribution >= 4 is 21.8 Å². The lowest BCUT2D eigenvalue weighted by Gasteiger charge is -2.07. The van der Waals surface area contributed by atoms with Crippen molar-refractivity contribution in [2.75, 3.05) is 0 Å². The first-order valence-electron chi connectivity index (χ1n) is 11.4. The standard InChI is InChI=1S/C28H22N6O/c29-14-18-7-5-6-17(12-18)13-23-26(20-9-2-4-11-22(20)32-23)27-24(15-30)34(28(35)33-27)25-16-31-21-10-3-1-8-19(21)25/h1-12,16,31-32H,13-14,29H2,(H,33,35). The lowest BCUT2D eigenvalue weighted by atomic mass is 10.00. The highest BCUT2D eigenvalue weighted by Crippen LogP contribution is 2.35. The molecule has 35 heavy (non-hydrogen) atoms. The van der Waals surface area contributed by atoms with Gasteiger partial charge < -0.3 is 20.7 Å². The van der Waals surface area contributed by atoms with Gasteiger partial charge in [0.2, 0.25) is 0 Å². The van der Waals surface area contributed by atoms with Gasteiger partial charge in [-0.2, -0.15) is 5.26 Å². The summed E-state index contributed by atoms with van der Waals surface area (Å²) >= 11 is 0. The molecule has 0 atom stereocenters. The van der Waals surface area contributed by atoms with Gasteiger partial charge in [-0.15, -0.1) is 0 Å². The van der Waals surface area contributed by atoms with E-state index in [4.69, 9.17) is 5.73 Å². The van der Waals surface area contributed by atoms with E-state index in [0.29, 0.717) is 24.3 Å². The molecule has 0 spiro atoms. The third kappa shape index (κ3) is 3.36. The first-order valence-corrected chi connectivity index (χ1v) is 11.4. The number of hydrogen-bond donors (Lipinski definition) is 4. The number of benzene rings is 3. The Morgan fingerprint density at radius 2 is 1.63 bits per heavy atom. The van der Waals surface area contributed by atoms with Crippen molar-refractivity contribution < 1.29 is 0 Å². The number of nitrogens with two attached hydrogens (primary N) is 1. The zero-order chi connectivity index (χ0) is 23.9. The van der Waals surface area contributed by atoms with Crippen molar-refractivity contribution in [1.29, 1.82) is 5.26 Å². The van der Waals surface area contributed by atoms with Crippen molar-refractivity contribution in [2.24, 2.45) is 5.73 Å². The molecule has 0 saturated heterocycles. The van der Waals surface area contributed by atoms with E-state index < -0.39 is 0 Å². The monoisotopic (exact) mass is 458 g/mol.